The lowest BCUT2D eigenvalue weighted by Crippen LogP contribution is -2.17. The molecule has 0 amide bonds. The van der Waals surface area contributed by atoms with Crippen molar-refractivity contribution < 1.29 is 22.3 Å². The van der Waals surface area contributed by atoms with E-state index in [0.29, 0.717) is 34.3 Å². The van der Waals surface area contributed by atoms with Crippen molar-refractivity contribution in [1.82, 2.24) is 9.97 Å². The van der Waals surface area contributed by atoms with Gasteiger partial charge in [0.15, 0.2) is 0 Å². The predicted molar refractivity (Wildman–Crippen MR) is 112 cm³/mol. The number of ether oxygens (including phenoxy) is 1. The molecule has 5 nitrogen and oxygen atoms in total. The van der Waals surface area contributed by atoms with Crippen molar-refractivity contribution in [2.24, 2.45) is 0 Å². The Bertz CT molecular complexity index is 1060. The van der Waals surface area contributed by atoms with Gasteiger partial charge in [-0.15, -0.1) is 13.2 Å². The Labute approximate surface area is 177 Å². The van der Waals surface area contributed by atoms with E-state index in [4.69, 9.17) is 0 Å². The average molecular weight is 434 g/mol. The van der Waals surface area contributed by atoms with Crippen molar-refractivity contribution in [2.75, 3.05) is 10.6 Å². The smallest absolute Gasteiger partial charge is 0.406 e. The first kappa shape index (κ1) is 22.3. The fourth-order valence-electron chi connectivity index (χ4n) is 2.80. The van der Waals surface area contributed by atoms with Gasteiger partial charge in [-0.25, -0.2) is 9.37 Å². The van der Waals surface area contributed by atoms with Crippen molar-refractivity contribution in [3.05, 3.63) is 59.9 Å². The molecule has 9 heteroatoms. The molecule has 3 rings (SSSR count). The van der Waals surface area contributed by atoms with Gasteiger partial charge in [-0.1, -0.05) is 19.1 Å². The number of aromatic nitrogens is 2. The first-order valence-electron chi connectivity index (χ1n) is 9.68. The number of benzene rings is 2. The lowest BCUT2D eigenvalue weighted by Gasteiger charge is -2.16. The van der Waals surface area contributed by atoms with E-state index >= 15 is 0 Å². The summed E-state index contributed by atoms with van der Waals surface area (Å²) in [6, 6.07) is 11.6. The van der Waals surface area contributed by atoms with Crippen LogP contribution < -0.4 is 15.4 Å². The summed E-state index contributed by atoms with van der Waals surface area (Å²) in [6.45, 7) is 5.72. The van der Waals surface area contributed by atoms with Gasteiger partial charge >= 0.3 is 6.36 Å². The predicted octanol–water partition coefficient (Wildman–Crippen LogP) is 6.44. The molecule has 0 aliphatic heterocycles. The molecule has 0 unspecified atom stereocenters. The van der Waals surface area contributed by atoms with E-state index in [1.54, 1.807) is 25.1 Å². The first-order chi connectivity index (χ1) is 14.6. The van der Waals surface area contributed by atoms with E-state index < -0.39 is 6.36 Å². The highest BCUT2D eigenvalue weighted by Crippen LogP contribution is 2.30. The zero-order chi connectivity index (χ0) is 22.6. The molecular weight excluding hydrogens is 412 g/mol. The standard InChI is InChI=1S/C22H22F4N4O/c1-4-14(3)27-21-29-19(15-6-5-7-17(11-15)31-22(24,25)26)12-20(30-21)28-18-9-8-16(23)10-13(18)2/h5-12,14H,4H2,1-3H3,(H2,27,28,29,30)/t14-/m0/s1. The lowest BCUT2D eigenvalue weighted by atomic mass is 10.1. The quantitative estimate of drug-likeness (QED) is 0.419. The SMILES string of the molecule is CC[C@H](C)Nc1nc(Nc2ccc(F)cc2C)cc(-c2cccc(OC(F)(F)F)c2)n1. The van der Waals surface area contributed by atoms with Crippen LogP contribution in [-0.4, -0.2) is 22.4 Å². The zero-order valence-corrected chi connectivity index (χ0v) is 17.2. The molecule has 0 radical (unpaired) electrons. The number of halogens is 4. The Morgan fingerprint density at radius 3 is 2.52 bits per heavy atom. The van der Waals surface area contributed by atoms with E-state index in [1.165, 1.54) is 30.3 Å². The zero-order valence-electron chi connectivity index (χ0n) is 17.2. The fraction of sp³-hybridized carbons (Fsp3) is 0.273. The van der Waals surface area contributed by atoms with Crippen molar-refractivity contribution in [1.29, 1.82) is 0 Å². The summed E-state index contributed by atoms with van der Waals surface area (Å²) in [6.07, 6.45) is -3.97. The molecule has 0 fully saturated rings. The number of anilines is 3. The van der Waals surface area contributed by atoms with Gasteiger partial charge in [-0.05, 0) is 56.2 Å². The number of hydrogen-bond donors (Lipinski definition) is 2. The minimum atomic E-state index is -4.79. The van der Waals surface area contributed by atoms with E-state index in [9.17, 15) is 17.6 Å². The molecule has 1 aromatic heterocycles. The Kier molecular flexibility index (Phi) is 6.62. The molecule has 0 aliphatic rings. The van der Waals surface area contributed by atoms with Crippen LogP contribution in [0.25, 0.3) is 11.3 Å². The molecule has 1 atom stereocenters. The van der Waals surface area contributed by atoms with E-state index in [0.717, 1.165) is 6.42 Å². The number of hydrogen-bond acceptors (Lipinski definition) is 5. The average Bonchev–Trinajstić information content (AvgIpc) is 2.69. The molecule has 3 aromatic rings. The molecule has 2 aromatic carbocycles. The molecule has 2 N–H and O–H groups in total. The fourth-order valence-corrected chi connectivity index (χ4v) is 2.80. The highest BCUT2D eigenvalue weighted by atomic mass is 19.4. The maximum Gasteiger partial charge on any atom is 0.573 e. The summed E-state index contributed by atoms with van der Waals surface area (Å²) < 4.78 is 55.2. The second kappa shape index (κ2) is 9.20. The van der Waals surface area contributed by atoms with Crippen molar-refractivity contribution >= 4 is 17.5 Å². The van der Waals surface area contributed by atoms with Gasteiger partial charge in [-0.2, -0.15) is 4.98 Å². The van der Waals surface area contributed by atoms with Crippen LogP contribution in [0, 0.1) is 12.7 Å². The van der Waals surface area contributed by atoms with Crippen LogP contribution in [0.3, 0.4) is 0 Å². The molecular formula is C22H22F4N4O. The normalized spacial score (nSPS) is 12.4. The van der Waals surface area contributed by atoms with Crippen molar-refractivity contribution in [3.63, 3.8) is 0 Å². The van der Waals surface area contributed by atoms with Crippen molar-refractivity contribution in [3.8, 4) is 17.0 Å². The summed E-state index contributed by atoms with van der Waals surface area (Å²) in [5, 5.41) is 6.30. The highest BCUT2D eigenvalue weighted by molar-refractivity contribution is 5.69. The molecule has 0 saturated heterocycles. The highest BCUT2D eigenvalue weighted by Gasteiger charge is 2.31. The Balaban J connectivity index is 2.00. The third-order valence-corrected chi connectivity index (χ3v) is 4.53. The molecule has 0 bridgehead atoms. The van der Waals surface area contributed by atoms with Gasteiger partial charge < -0.3 is 15.4 Å². The minimum absolute atomic E-state index is 0.0792. The van der Waals surface area contributed by atoms with Gasteiger partial charge in [0, 0.05) is 23.4 Å². The van der Waals surface area contributed by atoms with Crippen LogP contribution in [0.5, 0.6) is 5.75 Å². The maximum absolute atomic E-state index is 13.4. The van der Waals surface area contributed by atoms with Crippen LogP contribution in [0.15, 0.2) is 48.5 Å². The molecule has 0 aliphatic carbocycles. The number of alkyl halides is 3. The summed E-state index contributed by atoms with van der Waals surface area (Å²) >= 11 is 0. The Hall–Kier alpha value is -3.36. The molecule has 164 valence electrons. The van der Waals surface area contributed by atoms with Gasteiger partial charge in [0.25, 0.3) is 0 Å². The largest absolute Gasteiger partial charge is 0.573 e. The summed E-state index contributed by atoms with van der Waals surface area (Å²) in [5.74, 6) is 0.0277. The molecule has 0 spiro atoms. The van der Waals surface area contributed by atoms with E-state index in [2.05, 4.69) is 25.3 Å². The van der Waals surface area contributed by atoms with Crippen LogP contribution in [0.1, 0.15) is 25.8 Å². The van der Waals surface area contributed by atoms with Crippen LogP contribution >= 0.6 is 0 Å². The van der Waals surface area contributed by atoms with Gasteiger partial charge in [0.1, 0.15) is 17.4 Å². The number of rotatable bonds is 7. The molecule has 31 heavy (non-hydrogen) atoms. The maximum atomic E-state index is 13.4. The lowest BCUT2D eigenvalue weighted by molar-refractivity contribution is -0.274. The third-order valence-electron chi connectivity index (χ3n) is 4.53. The number of nitrogens with one attached hydrogen (secondary N) is 2. The van der Waals surface area contributed by atoms with Gasteiger partial charge in [0.2, 0.25) is 5.95 Å². The minimum Gasteiger partial charge on any atom is -0.406 e. The number of nitrogens with zero attached hydrogens (tertiary/aromatic N) is 2. The van der Waals surface area contributed by atoms with E-state index in [1.807, 2.05) is 13.8 Å². The Morgan fingerprint density at radius 2 is 1.84 bits per heavy atom. The second-order valence-electron chi connectivity index (χ2n) is 7.08. The van der Waals surface area contributed by atoms with Crippen LogP contribution in [-0.2, 0) is 0 Å². The third kappa shape index (κ3) is 6.31. The molecule has 1 heterocycles. The van der Waals surface area contributed by atoms with E-state index in [-0.39, 0.29) is 17.6 Å². The topological polar surface area (TPSA) is 59.1 Å². The molecule has 0 saturated carbocycles. The van der Waals surface area contributed by atoms with Crippen LogP contribution in [0.2, 0.25) is 0 Å². The summed E-state index contributed by atoms with van der Waals surface area (Å²) in [5.41, 5.74) is 2.15. The summed E-state index contributed by atoms with van der Waals surface area (Å²) in [4.78, 5) is 8.90. The number of aryl methyl sites for hydroxylation is 1. The van der Waals surface area contributed by atoms with Gasteiger partial charge in [0.05, 0.1) is 5.69 Å². The monoisotopic (exact) mass is 434 g/mol. The first-order valence-corrected chi connectivity index (χ1v) is 9.68. The van der Waals surface area contributed by atoms with Crippen LogP contribution in [0.4, 0.5) is 35.0 Å². The Morgan fingerprint density at radius 1 is 1.06 bits per heavy atom. The van der Waals surface area contributed by atoms with Crippen molar-refractivity contribution in [2.45, 2.75) is 39.6 Å². The van der Waals surface area contributed by atoms with Gasteiger partial charge in [-0.3, -0.25) is 0 Å². The second-order valence-corrected chi connectivity index (χ2v) is 7.08. The summed E-state index contributed by atoms with van der Waals surface area (Å²) in [7, 11) is 0.